The molecule has 0 unspecified atom stereocenters. The third kappa shape index (κ3) is 7.87. The second kappa shape index (κ2) is 14.2. The molecule has 1 aliphatic heterocycles. The van der Waals surface area contributed by atoms with Crippen molar-refractivity contribution in [3.05, 3.63) is 66.0 Å². The number of thioether (sulfide) groups is 1. The molecule has 2 heterocycles. The Kier molecular flexibility index (Phi) is 10.4. The predicted octanol–water partition coefficient (Wildman–Crippen LogP) is 3.64. The molecule has 1 aromatic heterocycles. The number of phenolic OH excluding ortho intramolecular Hbond substituents is 1. The fourth-order valence-electron chi connectivity index (χ4n) is 4.79. The first-order valence-electron chi connectivity index (χ1n) is 13.9. The Bertz CT molecular complexity index is 1350. The van der Waals surface area contributed by atoms with Crippen LogP contribution in [0.1, 0.15) is 55.3 Å². The van der Waals surface area contributed by atoms with Crippen LogP contribution in [0, 0.1) is 5.92 Å². The van der Waals surface area contributed by atoms with Crippen LogP contribution in [0.2, 0.25) is 0 Å². The maximum atomic E-state index is 13.5. The molecule has 41 heavy (non-hydrogen) atoms. The molecule has 0 saturated heterocycles. The van der Waals surface area contributed by atoms with Gasteiger partial charge >= 0.3 is 0 Å². The number of hydrogen-bond donors (Lipinski definition) is 3. The van der Waals surface area contributed by atoms with Crippen LogP contribution in [0.4, 0.5) is 0 Å². The van der Waals surface area contributed by atoms with Crippen LogP contribution in [0.15, 0.2) is 54.6 Å². The van der Waals surface area contributed by atoms with E-state index in [0.717, 1.165) is 5.56 Å². The first-order chi connectivity index (χ1) is 19.8. The molecule has 3 amide bonds. The van der Waals surface area contributed by atoms with Gasteiger partial charge in [-0.2, -0.15) is 16.9 Å². The minimum absolute atomic E-state index is 0.00943. The normalized spacial score (nSPS) is 18.8. The van der Waals surface area contributed by atoms with Gasteiger partial charge in [-0.25, -0.2) is 9.67 Å². The molecule has 0 saturated carbocycles. The van der Waals surface area contributed by atoms with Crippen molar-refractivity contribution in [3.8, 4) is 17.1 Å². The molecule has 2 aromatic carbocycles. The fourth-order valence-corrected chi connectivity index (χ4v) is 5.27. The smallest absolute Gasteiger partial charge is 0.254 e. The van der Waals surface area contributed by atoms with Gasteiger partial charge in [-0.05, 0) is 49.0 Å². The number of fused-ring (bicyclic) bond motifs is 1. The summed E-state index contributed by atoms with van der Waals surface area (Å²) >= 11 is 1.61. The molecule has 3 aromatic rings. The maximum Gasteiger partial charge on any atom is 0.254 e. The monoisotopic (exact) mass is 578 g/mol. The van der Waals surface area contributed by atoms with Crippen molar-refractivity contribution in [2.24, 2.45) is 5.92 Å². The van der Waals surface area contributed by atoms with Crippen LogP contribution >= 0.6 is 11.8 Å². The lowest BCUT2D eigenvalue weighted by Gasteiger charge is -2.28. The van der Waals surface area contributed by atoms with E-state index in [4.69, 9.17) is 10.1 Å². The molecular weight excluding hydrogens is 540 g/mol. The van der Waals surface area contributed by atoms with Crippen LogP contribution in [0.3, 0.4) is 0 Å². The summed E-state index contributed by atoms with van der Waals surface area (Å²) in [6, 6.07) is 14.7. The van der Waals surface area contributed by atoms with Crippen LogP contribution in [0.5, 0.6) is 5.75 Å². The van der Waals surface area contributed by atoms with Gasteiger partial charge in [0.15, 0.2) is 11.6 Å². The topological polar surface area (TPSA) is 129 Å². The molecule has 3 N–H and O–H groups in total. The highest BCUT2D eigenvalue weighted by Gasteiger charge is 2.30. The molecule has 10 nitrogen and oxygen atoms in total. The lowest BCUT2D eigenvalue weighted by atomic mass is 10.0. The van der Waals surface area contributed by atoms with E-state index in [1.807, 2.05) is 50.4 Å². The third-order valence-corrected chi connectivity index (χ3v) is 7.68. The highest BCUT2D eigenvalue weighted by molar-refractivity contribution is 7.98. The van der Waals surface area contributed by atoms with E-state index >= 15 is 0 Å². The van der Waals surface area contributed by atoms with Gasteiger partial charge < -0.3 is 20.6 Å². The van der Waals surface area contributed by atoms with Crippen LogP contribution in [0.25, 0.3) is 11.4 Å². The lowest BCUT2D eigenvalue weighted by molar-refractivity contribution is -0.129. The molecule has 11 heteroatoms. The summed E-state index contributed by atoms with van der Waals surface area (Å²) in [5.41, 5.74) is 1.21. The average Bonchev–Trinajstić information content (AvgIpc) is 3.38. The molecule has 2 atom stereocenters. The van der Waals surface area contributed by atoms with E-state index in [1.165, 1.54) is 12.1 Å². The van der Waals surface area contributed by atoms with Crippen LogP contribution in [-0.4, -0.2) is 73.6 Å². The Hall–Kier alpha value is -3.86. The molecule has 4 rings (SSSR count). The third-order valence-electron chi connectivity index (χ3n) is 7.03. The number of nitrogens with one attached hydrogen (secondary N) is 2. The Morgan fingerprint density at radius 1 is 1.07 bits per heavy atom. The second-order valence-electron chi connectivity index (χ2n) is 10.5. The number of nitrogens with zero attached hydrogens (tertiary/aromatic N) is 4. The molecule has 218 valence electrons. The molecule has 0 fully saturated rings. The van der Waals surface area contributed by atoms with Gasteiger partial charge in [0, 0.05) is 30.6 Å². The largest absolute Gasteiger partial charge is 0.508 e. The Morgan fingerprint density at radius 2 is 1.85 bits per heavy atom. The zero-order valence-corrected chi connectivity index (χ0v) is 24.6. The summed E-state index contributed by atoms with van der Waals surface area (Å²) in [5.74, 6) is 1.08. The lowest BCUT2D eigenvalue weighted by Crippen LogP contribution is -2.49. The number of aromatic nitrogens is 3. The first-order valence-corrected chi connectivity index (χ1v) is 15.3. The average molecular weight is 579 g/mol. The van der Waals surface area contributed by atoms with Gasteiger partial charge in [-0.1, -0.05) is 50.2 Å². The number of aromatic hydroxyl groups is 1. The maximum absolute atomic E-state index is 13.5. The predicted molar refractivity (Wildman–Crippen MR) is 159 cm³/mol. The number of carbonyl (C=O) groups excluding carboxylic acids is 3. The zero-order chi connectivity index (χ0) is 29.4. The van der Waals surface area contributed by atoms with E-state index in [1.54, 1.807) is 33.5 Å². The number of carbonyl (C=O) groups is 3. The van der Waals surface area contributed by atoms with Gasteiger partial charge in [0.05, 0.1) is 12.6 Å². The minimum Gasteiger partial charge on any atom is -0.508 e. The number of rotatable bonds is 6. The van der Waals surface area contributed by atoms with Gasteiger partial charge in [-0.15, -0.1) is 0 Å². The van der Waals surface area contributed by atoms with Crippen molar-refractivity contribution >= 4 is 29.5 Å². The van der Waals surface area contributed by atoms with Crippen molar-refractivity contribution in [2.45, 2.75) is 51.7 Å². The first kappa shape index (κ1) is 30.1. The van der Waals surface area contributed by atoms with E-state index in [9.17, 15) is 19.5 Å². The van der Waals surface area contributed by atoms with Gasteiger partial charge in [0.25, 0.3) is 5.91 Å². The molecule has 0 aliphatic carbocycles. The van der Waals surface area contributed by atoms with Crippen LogP contribution < -0.4 is 10.6 Å². The van der Waals surface area contributed by atoms with Crippen LogP contribution in [-0.2, 0) is 16.1 Å². The number of amides is 3. The Morgan fingerprint density at radius 3 is 2.56 bits per heavy atom. The molecule has 0 bridgehead atoms. The van der Waals surface area contributed by atoms with Crippen molar-refractivity contribution in [3.63, 3.8) is 0 Å². The second-order valence-corrected chi connectivity index (χ2v) is 11.4. The highest BCUT2D eigenvalue weighted by Crippen LogP contribution is 2.25. The van der Waals surface area contributed by atoms with Crippen molar-refractivity contribution < 1.29 is 19.5 Å². The van der Waals surface area contributed by atoms with Crippen molar-refractivity contribution in [1.29, 1.82) is 0 Å². The Balaban J connectivity index is 1.73. The fraction of sp³-hybridized carbons (Fsp3) is 0.433. The molecular formula is C30H38N6O4S. The van der Waals surface area contributed by atoms with Crippen molar-refractivity contribution in [1.82, 2.24) is 30.3 Å². The summed E-state index contributed by atoms with van der Waals surface area (Å²) in [6.07, 6.45) is 3.05. The van der Waals surface area contributed by atoms with E-state index in [-0.39, 0.29) is 35.8 Å². The molecule has 1 aliphatic rings. The van der Waals surface area contributed by atoms with Gasteiger partial charge in [0.2, 0.25) is 11.8 Å². The molecule has 0 radical (unpaired) electrons. The van der Waals surface area contributed by atoms with Gasteiger partial charge in [-0.3, -0.25) is 14.4 Å². The SMILES string of the molecule is CSCC[C@@H]1NC(=O)CCCN(C(=O)c2cccc(O)c2)CCn2nc(-c3ccccc3)nc2[C@@H](C(C)C)NC1=O. The summed E-state index contributed by atoms with van der Waals surface area (Å²) < 4.78 is 1.78. The van der Waals surface area contributed by atoms with E-state index < -0.39 is 12.1 Å². The quantitative estimate of drug-likeness (QED) is 0.407. The number of benzene rings is 2. The standard InChI is InChI=1S/C30H38N6O4S/c1-20(2)26-28-33-27(21-9-5-4-6-10-21)34-36(28)17-16-35(30(40)22-11-7-12-23(37)19-22)15-8-13-25(38)31-24(14-18-41-3)29(39)32-26/h4-7,9-12,19-20,24,26,37H,8,13-18H2,1-3H3,(H,31,38)(H,32,39)/t24-,26+/m0/s1. The highest BCUT2D eigenvalue weighted by atomic mass is 32.2. The summed E-state index contributed by atoms with van der Waals surface area (Å²) in [5, 5.41) is 20.8. The number of phenols is 1. The Labute approximate surface area is 244 Å². The van der Waals surface area contributed by atoms with Gasteiger partial charge in [0.1, 0.15) is 11.8 Å². The number of hydrogen-bond acceptors (Lipinski definition) is 7. The van der Waals surface area contributed by atoms with E-state index in [0.29, 0.717) is 55.4 Å². The van der Waals surface area contributed by atoms with E-state index in [2.05, 4.69) is 10.6 Å². The van der Waals surface area contributed by atoms with Crippen molar-refractivity contribution in [2.75, 3.05) is 25.1 Å². The molecule has 0 spiro atoms. The summed E-state index contributed by atoms with van der Waals surface area (Å²) in [4.78, 5) is 46.4. The zero-order valence-electron chi connectivity index (χ0n) is 23.7. The minimum atomic E-state index is -0.686. The summed E-state index contributed by atoms with van der Waals surface area (Å²) in [6.45, 7) is 4.97. The summed E-state index contributed by atoms with van der Waals surface area (Å²) in [7, 11) is 0.